The molecule has 2 heterocycles. The molecule has 0 radical (unpaired) electrons. The molecule has 0 unspecified atom stereocenters. The number of piperazine rings is 1. The summed E-state index contributed by atoms with van der Waals surface area (Å²) >= 11 is 0. The quantitative estimate of drug-likeness (QED) is 0.885. The van der Waals surface area contributed by atoms with Crippen LogP contribution in [0.4, 0.5) is 0 Å². The number of rotatable bonds is 3. The molecule has 1 aliphatic carbocycles. The molecule has 0 aromatic carbocycles. The van der Waals surface area contributed by atoms with Gasteiger partial charge in [0, 0.05) is 32.2 Å². The first-order chi connectivity index (χ1) is 9.28. The number of hydrogen-bond acceptors (Lipinski definition) is 4. The summed E-state index contributed by atoms with van der Waals surface area (Å²) in [6.45, 7) is 3.97. The Morgan fingerprint density at radius 3 is 2.58 bits per heavy atom. The van der Waals surface area contributed by atoms with Gasteiger partial charge in [-0.3, -0.25) is 9.69 Å². The van der Waals surface area contributed by atoms with Crippen LogP contribution in [0.5, 0.6) is 0 Å². The van der Waals surface area contributed by atoms with Crippen molar-refractivity contribution < 1.29 is 9.21 Å². The molecule has 1 saturated carbocycles. The number of furan rings is 1. The van der Waals surface area contributed by atoms with E-state index in [1.54, 1.807) is 6.07 Å². The SMILES string of the molecule is NCc1cc(C(=O)N2CCN(C3CCC3)CC2)co1. The van der Waals surface area contributed by atoms with Gasteiger partial charge in [0.05, 0.1) is 12.1 Å². The number of nitrogens with two attached hydrogens (primary N) is 1. The fourth-order valence-corrected chi connectivity index (χ4v) is 2.82. The largest absolute Gasteiger partial charge is 0.467 e. The second-order valence-corrected chi connectivity index (χ2v) is 5.42. The van der Waals surface area contributed by atoms with Crippen molar-refractivity contribution in [1.82, 2.24) is 9.80 Å². The van der Waals surface area contributed by atoms with Gasteiger partial charge in [-0.1, -0.05) is 6.42 Å². The zero-order valence-electron chi connectivity index (χ0n) is 11.2. The summed E-state index contributed by atoms with van der Waals surface area (Å²) in [5.74, 6) is 0.730. The maximum Gasteiger partial charge on any atom is 0.257 e. The average Bonchev–Trinajstić information content (AvgIpc) is 2.85. The minimum atomic E-state index is 0.0664. The highest BCUT2D eigenvalue weighted by atomic mass is 16.3. The zero-order valence-corrected chi connectivity index (χ0v) is 11.2. The molecule has 1 aliphatic heterocycles. The summed E-state index contributed by atoms with van der Waals surface area (Å²) in [4.78, 5) is 16.7. The van der Waals surface area contributed by atoms with E-state index in [9.17, 15) is 4.79 Å². The third kappa shape index (κ3) is 2.53. The van der Waals surface area contributed by atoms with Crippen LogP contribution >= 0.6 is 0 Å². The average molecular weight is 263 g/mol. The number of carbonyl (C=O) groups is 1. The summed E-state index contributed by atoms with van der Waals surface area (Å²) < 4.78 is 5.23. The normalized spacial score (nSPS) is 21.4. The van der Waals surface area contributed by atoms with Crippen LogP contribution in [-0.4, -0.2) is 47.9 Å². The molecule has 0 spiro atoms. The number of amides is 1. The van der Waals surface area contributed by atoms with E-state index in [2.05, 4.69) is 4.90 Å². The Labute approximate surface area is 113 Å². The molecule has 19 heavy (non-hydrogen) atoms. The third-order valence-electron chi connectivity index (χ3n) is 4.29. The Morgan fingerprint density at radius 2 is 2.05 bits per heavy atom. The lowest BCUT2D eigenvalue weighted by Crippen LogP contribution is -2.53. The highest BCUT2D eigenvalue weighted by molar-refractivity contribution is 5.94. The molecule has 5 nitrogen and oxygen atoms in total. The Kier molecular flexibility index (Phi) is 3.57. The van der Waals surface area contributed by atoms with Crippen molar-refractivity contribution in [2.24, 2.45) is 5.73 Å². The molecule has 1 aromatic rings. The molecule has 2 N–H and O–H groups in total. The molecule has 0 bridgehead atoms. The van der Waals surface area contributed by atoms with Gasteiger partial charge in [0.2, 0.25) is 0 Å². The van der Waals surface area contributed by atoms with Crippen molar-refractivity contribution in [3.05, 3.63) is 23.7 Å². The lowest BCUT2D eigenvalue weighted by Gasteiger charge is -2.42. The first kappa shape index (κ1) is 12.7. The highest BCUT2D eigenvalue weighted by Crippen LogP contribution is 2.25. The summed E-state index contributed by atoms with van der Waals surface area (Å²) in [5, 5.41) is 0. The summed E-state index contributed by atoms with van der Waals surface area (Å²) in [6, 6.07) is 2.52. The molecule has 5 heteroatoms. The van der Waals surface area contributed by atoms with E-state index in [1.807, 2.05) is 4.90 Å². The van der Waals surface area contributed by atoms with Gasteiger partial charge in [0.1, 0.15) is 12.0 Å². The lowest BCUT2D eigenvalue weighted by molar-refractivity contribution is 0.0455. The second kappa shape index (κ2) is 5.35. The van der Waals surface area contributed by atoms with Gasteiger partial charge in [-0.05, 0) is 18.9 Å². The van der Waals surface area contributed by atoms with Gasteiger partial charge in [0.25, 0.3) is 5.91 Å². The van der Waals surface area contributed by atoms with Gasteiger partial charge in [0.15, 0.2) is 0 Å². The van der Waals surface area contributed by atoms with Crippen molar-refractivity contribution >= 4 is 5.91 Å². The maximum absolute atomic E-state index is 12.3. The maximum atomic E-state index is 12.3. The van der Waals surface area contributed by atoms with Crippen molar-refractivity contribution in [3.8, 4) is 0 Å². The second-order valence-electron chi connectivity index (χ2n) is 5.42. The van der Waals surface area contributed by atoms with Crippen LogP contribution in [0.2, 0.25) is 0 Å². The minimum absolute atomic E-state index is 0.0664. The van der Waals surface area contributed by atoms with Crippen LogP contribution in [-0.2, 0) is 6.54 Å². The number of nitrogens with zero attached hydrogens (tertiary/aromatic N) is 2. The van der Waals surface area contributed by atoms with Crippen LogP contribution in [0.25, 0.3) is 0 Å². The van der Waals surface area contributed by atoms with E-state index in [1.165, 1.54) is 25.5 Å². The standard InChI is InChI=1S/C14H21N3O2/c15-9-13-8-11(10-19-13)14(18)17-6-4-16(5-7-17)12-2-1-3-12/h8,10,12H,1-7,9,15H2. The van der Waals surface area contributed by atoms with Crippen molar-refractivity contribution in [2.75, 3.05) is 26.2 Å². The van der Waals surface area contributed by atoms with E-state index in [0.29, 0.717) is 17.9 Å². The van der Waals surface area contributed by atoms with Gasteiger partial charge in [-0.15, -0.1) is 0 Å². The fraction of sp³-hybridized carbons (Fsp3) is 0.643. The molecule has 3 rings (SSSR count). The first-order valence-electron chi connectivity index (χ1n) is 7.08. The molecule has 2 fully saturated rings. The van der Waals surface area contributed by atoms with Crippen molar-refractivity contribution in [1.29, 1.82) is 0 Å². The highest BCUT2D eigenvalue weighted by Gasteiger charge is 2.29. The van der Waals surface area contributed by atoms with Crippen LogP contribution < -0.4 is 5.73 Å². The van der Waals surface area contributed by atoms with Crippen LogP contribution in [0.3, 0.4) is 0 Å². The van der Waals surface area contributed by atoms with E-state index in [4.69, 9.17) is 10.2 Å². The van der Waals surface area contributed by atoms with Crippen LogP contribution in [0, 0.1) is 0 Å². The summed E-state index contributed by atoms with van der Waals surface area (Å²) in [7, 11) is 0. The molecular formula is C14H21N3O2. The van der Waals surface area contributed by atoms with Gasteiger partial charge in [-0.2, -0.15) is 0 Å². The van der Waals surface area contributed by atoms with E-state index in [0.717, 1.165) is 32.2 Å². The van der Waals surface area contributed by atoms with Crippen LogP contribution in [0.15, 0.2) is 16.7 Å². The molecule has 2 aliphatic rings. The Hall–Kier alpha value is -1.33. The van der Waals surface area contributed by atoms with Gasteiger partial charge >= 0.3 is 0 Å². The van der Waals surface area contributed by atoms with E-state index >= 15 is 0 Å². The monoisotopic (exact) mass is 263 g/mol. The Bertz CT molecular complexity index is 445. The Balaban J connectivity index is 1.56. The van der Waals surface area contributed by atoms with Crippen molar-refractivity contribution in [2.45, 2.75) is 31.8 Å². The molecule has 1 saturated heterocycles. The van der Waals surface area contributed by atoms with E-state index in [-0.39, 0.29) is 5.91 Å². The molecule has 1 amide bonds. The predicted molar refractivity (Wildman–Crippen MR) is 71.7 cm³/mol. The Morgan fingerprint density at radius 1 is 1.32 bits per heavy atom. The predicted octanol–water partition coefficient (Wildman–Crippen LogP) is 1.05. The van der Waals surface area contributed by atoms with Gasteiger partial charge in [-0.25, -0.2) is 0 Å². The molecular weight excluding hydrogens is 242 g/mol. The smallest absolute Gasteiger partial charge is 0.257 e. The number of carbonyl (C=O) groups excluding carboxylic acids is 1. The van der Waals surface area contributed by atoms with Crippen molar-refractivity contribution in [3.63, 3.8) is 0 Å². The molecule has 0 atom stereocenters. The molecule has 104 valence electrons. The van der Waals surface area contributed by atoms with Gasteiger partial charge < -0.3 is 15.1 Å². The van der Waals surface area contributed by atoms with Crippen LogP contribution in [0.1, 0.15) is 35.4 Å². The summed E-state index contributed by atoms with van der Waals surface area (Å²) in [6.07, 6.45) is 5.54. The zero-order chi connectivity index (χ0) is 13.2. The topological polar surface area (TPSA) is 62.7 Å². The summed E-state index contributed by atoms with van der Waals surface area (Å²) in [5.41, 5.74) is 6.11. The lowest BCUT2D eigenvalue weighted by atomic mass is 9.91. The fourth-order valence-electron chi connectivity index (χ4n) is 2.82. The first-order valence-corrected chi connectivity index (χ1v) is 7.08. The molecule has 1 aromatic heterocycles. The number of hydrogen-bond donors (Lipinski definition) is 1. The minimum Gasteiger partial charge on any atom is -0.467 e. The third-order valence-corrected chi connectivity index (χ3v) is 4.29. The van der Waals surface area contributed by atoms with E-state index < -0.39 is 0 Å².